The summed E-state index contributed by atoms with van der Waals surface area (Å²) in [6, 6.07) is 17.2. The second-order valence-electron chi connectivity index (χ2n) is 7.62. The third-order valence-corrected chi connectivity index (χ3v) is 6.43. The lowest BCUT2D eigenvalue weighted by molar-refractivity contribution is 0.797. The van der Waals surface area contributed by atoms with E-state index in [4.69, 9.17) is 0 Å². The van der Waals surface area contributed by atoms with E-state index >= 15 is 0 Å². The van der Waals surface area contributed by atoms with Gasteiger partial charge in [-0.1, -0.05) is 48.5 Å². The molecule has 6 nitrogen and oxygen atoms in total. The number of nitrogens with zero attached hydrogens (tertiary/aromatic N) is 4. The number of aromatic nitrogens is 3. The van der Waals surface area contributed by atoms with E-state index in [0.717, 1.165) is 23.2 Å². The van der Waals surface area contributed by atoms with Gasteiger partial charge in [0.1, 0.15) is 5.01 Å². The highest BCUT2D eigenvalue weighted by molar-refractivity contribution is 14.0. The Hall–Kier alpha value is -2.72. The largest absolute Gasteiger partial charge is 0.352 e. The molecule has 0 radical (unpaired) electrons. The number of hydrogen-bond donors (Lipinski definition) is 2. The van der Waals surface area contributed by atoms with Crippen LogP contribution in [0.3, 0.4) is 0 Å². The summed E-state index contributed by atoms with van der Waals surface area (Å²) in [5, 5.41) is 7.87. The Morgan fingerprint density at radius 1 is 1.03 bits per heavy atom. The second kappa shape index (κ2) is 11.9. The molecule has 4 aromatic rings. The molecule has 0 atom stereocenters. The summed E-state index contributed by atoms with van der Waals surface area (Å²) in [6.07, 6.45) is 5.62. The first-order valence-electron chi connectivity index (χ1n) is 10.6. The van der Waals surface area contributed by atoms with Gasteiger partial charge in [0.15, 0.2) is 5.96 Å². The van der Waals surface area contributed by atoms with Crippen molar-refractivity contribution in [1.82, 2.24) is 25.2 Å². The van der Waals surface area contributed by atoms with Gasteiger partial charge in [-0.3, -0.25) is 4.99 Å². The number of aryl methyl sites for hydroxylation is 2. The molecule has 0 aliphatic heterocycles. The van der Waals surface area contributed by atoms with Gasteiger partial charge in [-0.2, -0.15) is 0 Å². The molecule has 0 saturated carbocycles. The van der Waals surface area contributed by atoms with E-state index in [1.54, 1.807) is 24.6 Å². The van der Waals surface area contributed by atoms with Crippen LogP contribution in [0.2, 0.25) is 0 Å². The van der Waals surface area contributed by atoms with Crippen molar-refractivity contribution < 1.29 is 0 Å². The number of guanidine groups is 1. The fraction of sp³-hybridized carbons (Fsp3) is 0.240. The maximum absolute atomic E-state index is 4.59. The highest BCUT2D eigenvalue weighted by atomic mass is 127. The van der Waals surface area contributed by atoms with Crippen molar-refractivity contribution in [3.63, 3.8) is 0 Å². The summed E-state index contributed by atoms with van der Waals surface area (Å²) >= 11 is 1.72. The standard InChI is InChI=1S/C25H28N6S.HI/c1-18-19(2)32-24(30-18)15-29-25(26-3)28-14-22-6-4-5-7-23(22)21-10-8-20(9-11-21)16-31-13-12-27-17-31;/h4-13,17H,14-16H2,1-3H3,(H2,26,28,29);1H. The van der Waals surface area contributed by atoms with Gasteiger partial charge in [0.25, 0.3) is 0 Å². The Labute approximate surface area is 216 Å². The molecule has 0 unspecified atom stereocenters. The van der Waals surface area contributed by atoms with Gasteiger partial charge in [-0.25, -0.2) is 9.97 Å². The van der Waals surface area contributed by atoms with E-state index in [2.05, 4.69) is 85.6 Å². The van der Waals surface area contributed by atoms with E-state index in [-0.39, 0.29) is 24.0 Å². The maximum atomic E-state index is 4.59. The number of nitrogens with one attached hydrogen (secondary N) is 2. The summed E-state index contributed by atoms with van der Waals surface area (Å²) < 4.78 is 2.07. The van der Waals surface area contributed by atoms with Crippen LogP contribution in [0.4, 0.5) is 0 Å². The quantitative estimate of drug-likeness (QED) is 0.183. The first-order valence-corrected chi connectivity index (χ1v) is 11.4. The monoisotopic (exact) mass is 572 g/mol. The summed E-state index contributed by atoms with van der Waals surface area (Å²) in [7, 11) is 1.79. The molecule has 2 heterocycles. The fourth-order valence-electron chi connectivity index (χ4n) is 3.51. The third kappa shape index (κ3) is 6.64. The maximum Gasteiger partial charge on any atom is 0.191 e. The molecule has 8 heteroatoms. The summed E-state index contributed by atoms with van der Waals surface area (Å²) in [5.41, 5.74) is 5.99. The number of thiazole rings is 1. The topological polar surface area (TPSA) is 67.1 Å². The number of hydrogen-bond acceptors (Lipinski definition) is 4. The van der Waals surface area contributed by atoms with Crippen molar-refractivity contribution in [3.05, 3.63) is 94.0 Å². The van der Waals surface area contributed by atoms with Crippen molar-refractivity contribution in [1.29, 1.82) is 0 Å². The van der Waals surface area contributed by atoms with Crippen LogP contribution >= 0.6 is 35.3 Å². The van der Waals surface area contributed by atoms with Gasteiger partial charge in [0, 0.05) is 37.4 Å². The third-order valence-electron chi connectivity index (χ3n) is 5.36. The predicted octanol–water partition coefficient (Wildman–Crippen LogP) is 5.15. The van der Waals surface area contributed by atoms with Crippen LogP contribution in [-0.2, 0) is 19.6 Å². The molecule has 0 fully saturated rings. The van der Waals surface area contributed by atoms with Gasteiger partial charge in [-0.15, -0.1) is 35.3 Å². The van der Waals surface area contributed by atoms with Crippen LogP contribution in [0, 0.1) is 13.8 Å². The zero-order valence-electron chi connectivity index (χ0n) is 19.1. The van der Waals surface area contributed by atoms with E-state index in [0.29, 0.717) is 13.1 Å². The first-order chi connectivity index (χ1) is 15.6. The van der Waals surface area contributed by atoms with Crippen molar-refractivity contribution in [2.45, 2.75) is 33.5 Å². The Morgan fingerprint density at radius 2 is 1.79 bits per heavy atom. The summed E-state index contributed by atoms with van der Waals surface area (Å²) in [6.45, 7) is 6.32. The Bertz CT molecular complexity index is 1160. The van der Waals surface area contributed by atoms with Gasteiger partial charge >= 0.3 is 0 Å². The molecule has 0 spiro atoms. The average molecular weight is 573 g/mol. The average Bonchev–Trinajstić information content (AvgIpc) is 3.44. The van der Waals surface area contributed by atoms with E-state index in [1.165, 1.54) is 27.1 Å². The molecule has 33 heavy (non-hydrogen) atoms. The summed E-state index contributed by atoms with van der Waals surface area (Å²) in [5.74, 6) is 0.765. The lowest BCUT2D eigenvalue weighted by Gasteiger charge is -2.14. The highest BCUT2D eigenvalue weighted by Crippen LogP contribution is 2.24. The van der Waals surface area contributed by atoms with Crippen molar-refractivity contribution in [2.24, 2.45) is 4.99 Å². The number of aliphatic imine (C=N–C) groups is 1. The summed E-state index contributed by atoms with van der Waals surface area (Å²) in [4.78, 5) is 14.3. The molecule has 0 bridgehead atoms. The van der Waals surface area contributed by atoms with Crippen LogP contribution in [0.25, 0.3) is 11.1 Å². The van der Waals surface area contributed by atoms with Crippen LogP contribution in [0.5, 0.6) is 0 Å². The minimum atomic E-state index is 0. The molecule has 4 rings (SSSR count). The van der Waals surface area contributed by atoms with Crippen LogP contribution in [-0.4, -0.2) is 27.5 Å². The zero-order valence-corrected chi connectivity index (χ0v) is 22.2. The van der Waals surface area contributed by atoms with E-state index in [1.807, 2.05) is 19.4 Å². The predicted molar refractivity (Wildman–Crippen MR) is 147 cm³/mol. The molecule has 172 valence electrons. The van der Waals surface area contributed by atoms with Gasteiger partial charge in [0.05, 0.1) is 18.6 Å². The van der Waals surface area contributed by atoms with Crippen LogP contribution in [0.15, 0.2) is 72.2 Å². The normalized spacial score (nSPS) is 11.2. The molecule has 2 N–H and O–H groups in total. The Balaban J connectivity index is 0.00000306. The van der Waals surface area contributed by atoms with Gasteiger partial charge in [0.2, 0.25) is 0 Å². The Morgan fingerprint density at radius 3 is 2.45 bits per heavy atom. The molecule has 0 saturated heterocycles. The molecule has 2 aromatic carbocycles. The highest BCUT2D eigenvalue weighted by Gasteiger charge is 2.08. The Kier molecular flexibility index (Phi) is 9.02. The second-order valence-corrected chi connectivity index (χ2v) is 8.91. The molecule has 2 aromatic heterocycles. The van der Waals surface area contributed by atoms with E-state index in [9.17, 15) is 0 Å². The van der Waals surface area contributed by atoms with Gasteiger partial charge in [-0.05, 0) is 36.1 Å². The molecule has 0 aliphatic carbocycles. The van der Waals surface area contributed by atoms with Gasteiger partial charge < -0.3 is 15.2 Å². The van der Waals surface area contributed by atoms with Crippen molar-refractivity contribution in [2.75, 3.05) is 7.05 Å². The first kappa shape index (κ1) is 24.9. The zero-order chi connectivity index (χ0) is 22.3. The fourth-order valence-corrected chi connectivity index (χ4v) is 4.38. The van der Waals surface area contributed by atoms with E-state index < -0.39 is 0 Å². The number of halogens is 1. The smallest absolute Gasteiger partial charge is 0.191 e. The lowest BCUT2D eigenvalue weighted by atomic mass is 9.98. The molecular weight excluding hydrogens is 543 g/mol. The van der Waals surface area contributed by atoms with Crippen molar-refractivity contribution >= 4 is 41.3 Å². The van der Waals surface area contributed by atoms with Crippen molar-refractivity contribution in [3.8, 4) is 11.1 Å². The lowest BCUT2D eigenvalue weighted by Crippen LogP contribution is -2.36. The molecular formula is C25H29IN6S. The minimum absolute atomic E-state index is 0. The number of rotatable bonds is 7. The van der Waals surface area contributed by atoms with Crippen LogP contribution < -0.4 is 10.6 Å². The minimum Gasteiger partial charge on any atom is -0.352 e. The molecule has 0 amide bonds. The number of imidazole rings is 1. The SMILES string of the molecule is CN=C(NCc1nc(C)c(C)s1)NCc1ccccc1-c1ccc(Cn2ccnc2)cc1.I. The van der Waals surface area contributed by atoms with Crippen LogP contribution in [0.1, 0.15) is 26.7 Å². The molecule has 0 aliphatic rings. The number of benzene rings is 2.